The largest absolute Gasteiger partial charge is 0.454 e. The highest BCUT2D eigenvalue weighted by Gasteiger charge is 2.13. The first kappa shape index (κ1) is 14.5. The topological polar surface area (TPSA) is 29.5 Å². The molecule has 0 aromatic heterocycles. The third kappa shape index (κ3) is 3.55. The van der Waals surface area contributed by atoms with Gasteiger partial charge in [-0.25, -0.2) is 4.39 Å². The van der Waals surface area contributed by atoms with Gasteiger partial charge in [0.2, 0.25) is 0 Å². The Kier molecular flexibility index (Phi) is 4.60. The van der Waals surface area contributed by atoms with Gasteiger partial charge < -0.3 is 9.84 Å². The Bertz CT molecular complexity index is 600. The highest BCUT2D eigenvalue weighted by atomic mass is 79.9. The van der Waals surface area contributed by atoms with Crippen LogP contribution >= 0.6 is 31.9 Å². The highest BCUT2D eigenvalue weighted by Crippen LogP contribution is 2.34. The highest BCUT2D eigenvalue weighted by molar-refractivity contribution is 9.10. The van der Waals surface area contributed by atoms with Crippen LogP contribution in [0.4, 0.5) is 4.39 Å². The summed E-state index contributed by atoms with van der Waals surface area (Å²) in [6.07, 6.45) is -0.696. The summed E-state index contributed by atoms with van der Waals surface area (Å²) < 4.78 is 20.8. The average molecular weight is 390 g/mol. The molecule has 0 heterocycles. The van der Waals surface area contributed by atoms with Gasteiger partial charge in [0.05, 0.1) is 6.10 Å². The smallest absolute Gasteiger partial charge is 0.165 e. The molecule has 2 rings (SSSR count). The number of benzene rings is 2. The normalized spacial score (nSPS) is 12.3. The van der Waals surface area contributed by atoms with Gasteiger partial charge in [0, 0.05) is 14.5 Å². The summed E-state index contributed by atoms with van der Waals surface area (Å²) in [6.45, 7) is 1.63. The first-order chi connectivity index (χ1) is 8.97. The predicted octanol–water partition coefficient (Wildman–Crippen LogP) is 5.20. The Balaban J connectivity index is 2.42. The molecule has 0 bridgehead atoms. The van der Waals surface area contributed by atoms with Gasteiger partial charge in [-0.1, -0.05) is 37.9 Å². The van der Waals surface area contributed by atoms with Crippen LogP contribution in [0.1, 0.15) is 18.6 Å². The van der Waals surface area contributed by atoms with Crippen molar-refractivity contribution < 1.29 is 14.2 Å². The second kappa shape index (κ2) is 6.03. The van der Waals surface area contributed by atoms with E-state index in [0.29, 0.717) is 11.3 Å². The molecule has 0 aliphatic rings. The van der Waals surface area contributed by atoms with Crippen molar-refractivity contribution in [3.63, 3.8) is 0 Å². The van der Waals surface area contributed by atoms with Crippen molar-refractivity contribution in [1.82, 2.24) is 0 Å². The van der Waals surface area contributed by atoms with Crippen LogP contribution < -0.4 is 4.74 Å². The van der Waals surface area contributed by atoms with E-state index in [4.69, 9.17) is 4.74 Å². The van der Waals surface area contributed by atoms with Crippen molar-refractivity contribution in [2.45, 2.75) is 13.0 Å². The Labute approximate surface area is 127 Å². The van der Waals surface area contributed by atoms with E-state index in [2.05, 4.69) is 31.9 Å². The van der Waals surface area contributed by atoms with Crippen LogP contribution in [-0.4, -0.2) is 5.11 Å². The van der Waals surface area contributed by atoms with Gasteiger partial charge in [0.1, 0.15) is 5.75 Å². The molecular formula is C14H11Br2FO2. The van der Waals surface area contributed by atoms with E-state index in [1.54, 1.807) is 37.3 Å². The molecule has 19 heavy (non-hydrogen) atoms. The molecule has 100 valence electrons. The van der Waals surface area contributed by atoms with Gasteiger partial charge in [-0.2, -0.15) is 0 Å². The molecule has 2 aromatic carbocycles. The maximum Gasteiger partial charge on any atom is 0.165 e. The Morgan fingerprint density at radius 3 is 2.26 bits per heavy atom. The number of ether oxygens (including phenoxy) is 1. The van der Waals surface area contributed by atoms with Gasteiger partial charge in [0.15, 0.2) is 11.6 Å². The first-order valence-electron chi connectivity index (χ1n) is 5.58. The molecule has 1 N–H and O–H groups in total. The van der Waals surface area contributed by atoms with E-state index in [1.807, 2.05) is 0 Å². The van der Waals surface area contributed by atoms with Crippen molar-refractivity contribution in [1.29, 1.82) is 0 Å². The summed E-state index contributed by atoms with van der Waals surface area (Å²) in [4.78, 5) is 0. The molecule has 1 atom stereocenters. The van der Waals surface area contributed by atoms with E-state index in [9.17, 15) is 9.50 Å². The van der Waals surface area contributed by atoms with Crippen molar-refractivity contribution >= 4 is 31.9 Å². The lowest BCUT2D eigenvalue weighted by molar-refractivity contribution is 0.195. The average Bonchev–Trinajstić information content (AvgIpc) is 2.33. The van der Waals surface area contributed by atoms with Crippen molar-refractivity contribution in [3.8, 4) is 11.5 Å². The number of hydrogen-bond donors (Lipinski definition) is 1. The zero-order valence-electron chi connectivity index (χ0n) is 10.0. The zero-order valence-corrected chi connectivity index (χ0v) is 13.2. The molecule has 1 unspecified atom stereocenters. The van der Waals surface area contributed by atoms with Crippen molar-refractivity contribution in [2.24, 2.45) is 0 Å². The van der Waals surface area contributed by atoms with Gasteiger partial charge in [-0.3, -0.25) is 0 Å². The third-order valence-electron chi connectivity index (χ3n) is 2.54. The van der Waals surface area contributed by atoms with Crippen molar-refractivity contribution in [3.05, 3.63) is 56.7 Å². The van der Waals surface area contributed by atoms with Crippen LogP contribution in [0, 0.1) is 5.82 Å². The molecule has 2 aromatic rings. The van der Waals surface area contributed by atoms with E-state index in [0.717, 1.165) is 8.95 Å². The lowest BCUT2D eigenvalue weighted by Crippen LogP contribution is -1.97. The minimum atomic E-state index is -0.696. The van der Waals surface area contributed by atoms with Gasteiger partial charge >= 0.3 is 0 Å². The summed E-state index contributed by atoms with van der Waals surface area (Å²) >= 11 is 6.59. The monoisotopic (exact) mass is 388 g/mol. The summed E-state index contributed by atoms with van der Waals surface area (Å²) in [5.41, 5.74) is 0.600. The predicted molar refractivity (Wildman–Crippen MR) is 78.9 cm³/mol. The fraction of sp³-hybridized carbons (Fsp3) is 0.143. The SMILES string of the molecule is CC(O)c1ccc(Br)cc1Oc1cc(Br)ccc1F. The summed E-state index contributed by atoms with van der Waals surface area (Å²) in [5, 5.41) is 9.70. The lowest BCUT2D eigenvalue weighted by atomic mass is 10.1. The van der Waals surface area contributed by atoms with E-state index >= 15 is 0 Å². The minimum Gasteiger partial charge on any atom is -0.454 e. The van der Waals surface area contributed by atoms with E-state index in [-0.39, 0.29) is 5.75 Å². The molecule has 0 radical (unpaired) electrons. The number of aliphatic hydroxyl groups is 1. The third-order valence-corrected chi connectivity index (χ3v) is 3.53. The molecule has 0 spiro atoms. The maximum absolute atomic E-state index is 13.7. The Morgan fingerprint density at radius 1 is 1.05 bits per heavy atom. The summed E-state index contributed by atoms with van der Waals surface area (Å²) in [5.74, 6) is 0.0652. The van der Waals surface area contributed by atoms with Gasteiger partial charge in [-0.15, -0.1) is 0 Å². The van der Waals surface area contributed by atoms with Crippen LogP contribution in [0.3, 0.4) is 0 Å². The molecule has 5 heteroatoms. The lowest BCUT2D eigenvalue weighted by Gasteiger charge is -2.14. The molecule has 0 amide bonds. The van der Waals surface area contributed by atoms with Crippen LogP contribution in [0.25, 0.3) is 0 Å². The fourth-order valence-electron chi connectivity index (χ4n) is 1.62. The molecule has 0 aliphatic heterocycles. The molecule has 0 fully saturated rings. The Morgan fingerprint density at radius 2 is 1.63 bits per heavy atom. The standard InChI is InChI=1S/C14H11Br2FO2/c1-8(18)11-4-2-9(15)6-13(11)19-14-7-10(16)3-5-12(14)17/h2-8,18H,1H3. The minimum absolute atomic E-state index is 0.106. The number of hydrogen-bond acceptors (Lipinski definition) is 2. The number of halogens is 3. The molecular weight excluding hydrogens is 379 g/mol. The Hall–Kier alpha value is -0.910. The fourth-order valence-corrected chi connectivity index (χ4v) is 2.30. The summed E-state index contributed by atoms with van der Waals surface area (Å²) in [7, 11) is 0. The van der Waals surface area contributed by atoms with Crippen LogP contribution in [0.15, 0.2) is 45.3 Å². The van der Waals surface area contributed by atoms with Gasteiger partial charge in [-0.05, 0) is 37.3 Å². The van der Waals surface area contributed by atoms with E-state index in [1.165, 1.54) is 6.07 Å². The van der Waals surface area contributed by atoms with Crippen LogP contribution in [-0.2, 0) is 0 Å². The maximum atomic E-state index is 13.7. The van der Waals surface area contributed by atoms with E-state index < -0.39 is 11.9 Å². The number of rotatable bonds is 3. The molecule has 0 saturated heterocycles. The van der Waals surface area contributed by atoms with Crippen molar-refractivity contribution in [2.75, 3.05) is 0 Å². The first-order valence-corrected chi connectivity index (χ1v) is 7.16. The summed E-state index contributed by atoms with van der Waals surface area (Å²) in [6, 6.07) is 9.69. The molecule has 0 saturated carbocycles. The molecule has 0 aliphatic carbocycles. The second-order valence-corrected chi connectivity index (χ2v) is 5.87. The quantitative estimate of drug-likeness (QED) is 0.781. The zero-order chi connectivity index (χ0) is 14.0. The van der Waals surface area contributed by atoms with Gasteiger partial charge in [0.25, 0.3) is 0 Å². The van der Waals surface area contributed by atoms with Crippen LogP contribution in [0.5, 0.6) is 11.5 Å². The molecule has 2 nitrogen and oxygen atoms in total. The van der Waals surface area contributed by atoms with Crippen LogP contribution in [0.2, 0.25) is 0 Å². The second-order valence-electron chi connectivity index (χ2n) is 4.03. The number of aliphatic hydroxyl groups excluding tert-OH is 1.